The summed E-state index contributed by atoms with van der Waals surface area (Å²) >= 11 is 0. The van der Waals surface area contributed by atoms with Gasteiger partial charge in [-0.15, -0.1) is 0 Å². The van der Waals surface area contributed by atoms with E-state index in [0.717, 1.165) is 93.8 Å². The van der Waals surface area contributed by atoms with Crippen LogP contribution in [0.5, 0.6) is 0 Å². The van der Waals surface area contributed by atoms with Crippen LogP contribution in [0.3, 0.4) is 0 Å². The highest BCUT2D eigenvalue weighted by atomic mass is 16.3. The minimum atomic E-state index is -2.64. The van der Waals surface area contributed by atoms with Crippen LogP contribution in [0, 0.1) is 38.5 Å². The van der Waals surface area contributed by atoms with Gasteiger partial charge in [0.25, 0.3) is 13.7 Å². The predicted octanol–water partition coefficient (Wildman–Crippen LogP) is 16.0. The molecule has 122 heavy (non-hydrogen) atoms. The molecule has 6 aliphatic heterocycles. The van der Waals surface area contributed by atoms with Gasteiger partial charge >= 0.3 is 25.6 Å². The molecule has 18 nitrogen and oxygen atoms in total. The van der Waals surface area contributed by atoms with Crippen molar-refractivity contribution >= 4 is 132 Å². The van der Waals surface area contributed by atoms with Gasteiger partial charge in [-0.2, -0.15) is 0 Å². The summed E-state index contributed by atoms with van der Waals surface area (Å²) in [7, 11) is 4.25. The molecule has 0 spiro atoms. The van der Waals surface area contributed by atoms with Gasteiger partial charge in [0.1, 0.15) is 34.6 Å². The average molecular weight is 1640 g/mol. The summed E-state index contributed by atoms with van der Waals surface area (Å²) in [5, 5.41) is 12.9. The van der Waals surface area contributed by atoms with Crippen LogP contribution in [-0.2, 0) is 14.1 Å². The lowest BCUT2D eigenvalue weighted by Crippen LogP contribution is -2.58. The number of imidazole rings is 2. The number of pyridine rings is 4. The summed E-state index contributed by atoms with van der Waals surface area (Å²) in [6.07, 6.45) is 18.4. The first kappa shape index (κ1) is 77.3. The molecule has 0 N–H and O–H groups in total. The Balaban J connectivity index is 0.000000127. The Kier molecular flexibility index (Phi) is 20.1. The quantitative estimate of drug-likeness (QED) is 0.0895. The summed E-state index contributed by atoms with van der Waals surface area (Å²) in [6.45, 7) is 47.3. The molecule has 0 amide bonds. The molecule has 0 saturated carbocycles. The van der Waals surface area contributed by atoms with Crippen molar-refractivity contribution in [1.82, 2.24) is 48.9 Å². The Labute approximate surface area is 730 Å². The topological polar surface area (TPSA) is 141 Å². The van der Waals surface area contributed by atoms with E-state index in [9.17, 15) is 0 Å². The molecule has 22 heteroatoms. The molecule has 0 bridgehead atoms. The van der Waals surface area contributed by atoms with Gasteiger partial charge < -0.3 is 27.5 Å². The molecule has 2 fully saturated rings. The molecule has 3 aromatic carbocycles. The van der Waals surface area contributed by atoms with E-state index in [2.05, 4.69) is 341 Å². The van der Waals surface area contributed by atoms with Crippen molar-refractivity contribution in [2.24, 2.45) is 24.9 Å². The Bertz CT molecular complexity index is 6990. The van der Waals surface area contributed by atoms with Crippen molar-refractivity contribution in [2.75, 3.05) is 9.62 Å². The summed E-state index contributed by atoms with van der Waals surface area (Å²) in [5.74, 6) is 12.6. The van der Waals surface area contributed by atoms with Crippen LogP contribution in [0.4, 0.5) is 11.9 Å². The number of hydrazine groups is 2. The zero-order chi connectivity index (χ0) is 92.2. The lowest BCUT2D eigenvalue weighted by Gasteiger charge is -2.45. The highest BCUT2D eigenvalue weighted by Crippen LogP contribution is 2.49. The van der Waals surface area contributed by atoms with Gasteiger partial charge in [-0.25, -0.2) is 48.2 Å². The second-order valence-electron chi connectivity index (χ2n) is 38.4. The highest BCUT2D eigenvalue weighted by molar-refractivity contribution is 6.77. The molecule has 2 atom stereocenters. The van der Waals surface area contributed by atoms with Crippen LogP contribution in [0.15, 0.2) is 152 Å². The molecule has 10 aromatic heterocycles. The fourth-order valence-electron chi connectivity index (χ4n) is 19.9. The minimum absolute atomic E-state index is 0.0268. The van der Waals surface area contributed by atoms with E-state index in [-0.39, 0.29) is 44.8 Å². The maximum absolute atomic E-state index is 8.19. The van der Waals surface area contributed by atoms with Crippen molar-refractivity contribution in [1.29, 1.82) is 0 Å². The summed E-state index contributed by atoms with van der Waals surface area (Å²) in [6, 6.07) is 38.4. The van der Waals surface area contributed by atoms with E-state index < -0.39 is 30.7 Å². The van der Waals surface area contributed by atoms with Crippen LogP contribution >= 0.6 is 0 Å². The van der Waals surface area contributed by atoms with E-state index in [1.54, 1.807) is 6.92 Å². The predicted molar refractivity (Wildman–Crippen MR) is 506 cm³/mol. The van der Waals surface area contributed by atoms with Crippen LogP contribution in [0.25, 0.3) is 116 Å². The van der Waals surface area contributed by atoms with Gasteiger partial charge in [0, 0.05) is 87.8 Å². The standard InChI is InChI=1S/C33H36BN4O.C27H32BN4O.2C20H28BN3O/c1-21(2)27-17-25(24-11-9-8-10-12-24)18-28(22(3)4)31(27)37-16-15-36(7)33(37)38-20-29-26-14-13-23(5)35-32(26)39-30(29)19-34(38)6;1-17(2)20-9-8-10-21(18(3)4)25(20)31-14-13-30(7)27(31)32-16-23-22-12-11-19(5)29-26(22)33-24(23)15-28(32)6;2*1-13-8-9-15-16-10-21(7)23(11-17(16)25-18(15)22-13)24-14(2)19(3,4)12-20(24,5)6/h8-22H,1-7H3;8-18H,1-7H3;2*8-11,14H,12H2,1-7H3/q2*+1;;/i;;3D3,4D3;. The SMILES string of the molecule is CB1C=c2c(oc3nc(C)ccc23)=CN1N1C(C)C(C)(C)CC1(C)C.CB1C=c2oc3nc(C)ccc3c2=CN1c1n(-c2c(C(C)C)cc(-c3ccccc3)cc2C(C)C)cc[n+]1C.CB1C=c2oc3nc(C)ccc3c2=CN1c1n(-c2c(C(C)C)cccc2C(C)C)cc[n+]1C.[2H]C([2H])([2H])C1(C([2H])([2H])[2H])CC(C)(C)N(N2C=c3oc4nc(C)ccc4c3=CB2C)C1C. The molecule has 19 rings (SSSR count). The summed E-state index contributed by atoms with van der Waals surface area (Å²) < 4.78 is 82.7. The van der Waals surface area contributed by atoms with E-state index in [1.165, 1.54) is 56.4 Å². The van der Waals surface area contributed by atoms with E-state index in [1.807, 2.05) is 82.7 Å². The average Bonchev–Trinajstić information content (AvgIpc) is 1.53. The smallest absolute Gasteiger partial charge is 0.369 e. The van der Waals surface area contributed by atoms with Gasteiger partial charge in [-0.1, -0.05) is 157 Å². The molecule has 6 aliphatic rings. The molecule has 2 unspecified atom stereocenters. The molecule has 0 aliphatic carbocycles. The van der Waals surface area contributed by atoms with Crippen molar-refractivity contribution in [2.45, 2.75) is 239 Å². The first-order chi connectivity index (χ1) is 60.2. The monoisotopic (exact) mass is 1640 g/mol. The van der Waals surface area contributed by atoms with Crippen molar-refractivity contribution in [3.8, 4) is 22.5 Å². The Morgan fingerprint density at radius 2 is 0.762 bits per heavy atom. The maximum Gasteiger partial charge on any atom is 0.369 e. The van der Waals surface area contributed by atoms with E-state index >= 15 is 0 Å². The first-order valence-electron chi connectivity index (χ1n) is 46.8. The maximum atomic E-state index is 8.19. The van der Waals surface area contributed by atoms with Crippen LogP contribution in [0.1, 0.15) is 214 Å². The number of para-hydroxylation sites is 1. The number of fused-ring (bicyclic) bond motifs is 12. The second kappa shape index (κ2) is 31.8. The number of furan rings is 4. The van der Waals surface area contributed by atoms with Gasteiger partial charge in [0.05, 0.1) is 60.1 Å². The fraction of sp³-hybridized carbons (Fsp3) is 0.400. The second-order valence-corrected chi connectivity index (χ2v) is 38.4. The lowest BCUT2D eigenvalue weighted by atomic mass is 9.62. The molecular weight excluding hydrogens is 1500 g/mol. The molecule has 2 saturated heterocycles. The van der Waals surface area contributed by atoms with Crippen molar-refractivity contribution in [3.05, 3.63) is 222 Å². The number of anilines is 2. The van der Waals surface area contributed by atoms with Gasteiger partial charge in [0.2, 0.25) is 22.9 Å². The highest BCUT2D eigenvalue weighted by Gasteiger charge is 2.53. The van der Waals surface area contributed by atoms with Crippen molar-refractivity contribution in [3.63, 3.8) is 0 Å². The summed E-state index contributed by atoms with van der Waals surface area (Å²) in [5.41, 5.74) is 18.2. The molecular formula is C100H124B4N14O4+2. The van der Waals surface area contributed by atoms with Crippen LogP contribution < -0.4 is 61.3 Å². The Morgan fingerprint density at radius 3 is 1.11 bits per heavy atom. The zero-order valence-corrected chi connectivity index (χ0v) is 76.4. The molecule has 16 heterocycles. The minimum Gasteiger partial charge on any atom is -0.439 e. The van der Waals surface area contributed by atoms with Crippen molar-refractivity contribution < 1.29 is 35.0 Å². The normalized spacial score (nSPS) is 19.1. The molecule has 628 valence electrons. The van der Waals surface area contributed by atoms with Crippen LogP contribution in [-0.4, -0.2) is 99.5 Å². The van der Waals surface area contributed by atoms with Gasteiger partial charge in [0.15, 0.2) is 10.8 Å². The Morgan fingerprint density at radius 1 is 0.410 bits per heavy atom. The van der Waals surface area contributed by atoms with Crippen LogP contribution in [0.2, 0.25) is 27.3 Å². The lowest BCUT2D eigenvalue weighted by molar-refractivity contribution is -0.657. The largest absolute Gasteiger partial charge is 0.439 e. The number of rotatable bonds is 11. The number of aryl methyl sites for hydroxylation is 6. The first-order valence-corrected chi connectivity index (χ1v) is 43.8. The number of nitrogens with zero attached hydrogens (tertiary/aromatic N) is 14. The number of aromatic nitrogens is 8. The fourth-order valence-corrected chi connectivity index (χ4v) is 19.9. The number of hydrogen-bond donors (Lipinski definition) is 0. The van der Waals surface area contributed by atoms with E-state index in [0.29, 0.717) is 52.3 Å². The third-order valence-electron chi connectivity index (χ3n) is 26.1. The van der Waals surface area contributed by atoms with Gasteiger partial charge in [-0.3, -0.25) is 9.62 Å². The summed E-state index contributed by atoms with van der Waals surface area (Å²) in [4.78, 5) is 27.3. The Hall–Kier alpha value is -10.8. The van der Waals surface area contributed by atoms with E-state index in [4.69, 9.17) is 25.9 Å². The number of benzene rings is 3. The third-order valence-corrected chi connectivity index (χ3v) is 26.1. The molecule has 13 aromatic rings. The zero-order valence-electron chi connectivity index (χ0n) is 82.4. The van der Waals surface area contributed by atoms with Gasteiger partial charge in [-0.05, 0) is 236 Å². The number of hydrogen-bond acceptors (Lipinski definition) is 14. The third kappa shape index (κ3) is 15.3. The molecule has 0 radical (unpaired) electrons.